The third kappa shape index (κ3) is 7.73. The maximum Gasteiger partial charge on any atom is 0.170 e. The molecule has 0 atom stereocenters. The number of hydrogen-bond acceptors (Lipinski definition) is 4. The number of carbonyl (C=O) groups is 1. The van der Waals surface area contributed by atoms with Gasteiger partial charge in [0.25, 0.3) is 0 Å². The molecule has 1 fully saturated rings. The number of Topliss-reactive ketones (excluding diaryl/α,β-unsaturated/α-hetero) is 1. The molecule has 32 heavy (non-hydrogen) atoms. The van der Waals surface area contributed by atoms with Gasteiger partial charge in [0.05, 0.1) is 26.1 Å². The minimum Gasteiger partial charge on any atom is -0.486 e. The summed E-state index contributed by atoms with van der Waals surface area (Å²) in [5.74, 6) is 1.95. The van der Waals surface area contributed by atoms with Crippen LogP contribution in [0.15, 0.2) is 41.4 Å². The molecule has 1 aliphatic carbocycles. The number of benzene rings is 2. The third-order valence-corrected chi connectivity index (χ3v) is 6.73. The van der Waals surface area contributed by atoms with Crippen molar-refractivity contribution in [2.45, 2.75) is 38.1 Å². The van der Waals surface area contributed by atoms with Crippen molar-refractivity contribution in [2.24, 2.45) is 16.6 Å². The Bertz CT molecular complexity index is 976. The van der Waals surface area contributed by atoms with Crippen molar-refractivity contribution in [2.75, 3.05) is 13.2 Å². The molecule has 9 heteroatoms. The Morgan fingerprint density at radius 2 is 1.38 bits per heavy atom. The standard InChI is InChI=1S/C23H24Cl4N2O3/c24-19-7-5-17(10-21(19)26)31-12-16(30)9-14-1-3-15(4-2-14)29-23(28)13-32-18-6-8-20(25)22(27)11-18/h5-8,10-11,14-15H,1-4,9,12-13H2,(H2,28,29). The van der Waals surface area contributed by atoms with E-state index in [1.165, 1.54) is 0 Å². The van der Waals surface area contributed by atoms with Crippen LogP contribution in [0.4, 0.5) is 0 Å². The molecule has 0 bridgehead atoms. The SMILES string of the molecule is NC(COc1ccc(Cl)c(Cl)c1)=NC1CCC(CC(=O)COc2ccc(Cl)c(Cl)c2)CC1. The minimum absolute atomic E-state index is 0.0229. The fraction of sp³-hybridized carbons (Fsp3) is 0.391. The van der Waals surface area contributed by atoms with Crippen molar-refractivity contribution < 1.29 is 14.3 Å². The second kappa shape index (κ2) is 12.0. The van der Waals surface area contributed by atoms with Crippen molar-refractivity contribution in [3.05, 3.63) is 56.5 Å². The quantitative estimate of drug-likeness (QED) is 0.299. The van der Waals surface area contributed by atoms with Crippen molar-refractivity contribution in [1.29, 1.82) is 0 Å². The van der Waals surface area contributed by atoms with E-state index in [4.69, 9.17) is 61.6 Å². The lowest BCUT2D eigenvalue weighted by atomic mass is 9.83. The van der Waals surface area contributed by atoms with Gasteiger partial charge in [-0.1, -0.05) is 46.4 Å². The fourth-order valence-electron chi connectivity index (χ4n) is 3.59. The van der Waals surface area contributed by atoms with Crippen LogP contribution in [0.25, 0.3) is 0 Å². The van der Waals surface area contributed by atoms with Gasteiger partial charge in [-0.15, -0.1) is 0 Å². The molecule has 0 saturated heterocycles. The molecule has 3 rings (SSSR count). The fourth-order valence-corrected chi connectivity index (χ4v) is 4.16. The van der Waals surface area contributed by atoms with Gasteiger partial charge in [-0.25, -0.2) is 0 Å². The van der Waals surface area contributed by atoms with Gasteiger partial charge in [-0.2, -0.15) is 0 Å². The molecule has 1 saturated carbocycles. The largest absolute Gasteiger partial charge is 0.486 e. The molecule has 0 spiro atoms. The maximum atomic E-state index is 12.3. The van der Waals surface area contributed by atoms with Gasteiger partial charge in [-0.3, -0.25) is 9.79 Å². The minimum atomic E-state index is 0.0229. The van der Waals surface area contributed by atoms with E-state index in [9.17, 15) is 4.79 Å². The second-order valence-corrected chi connectivity index (χ2v) is 9.40. The summed E-state index contributed by atoms with van der Waals surface area (Å²) in [5.41, 5.74) is 6.03. The Morgan fingerprint density at radius 1 is 0.844 bits per heavy atom. The number of halogens is 4. The Kier molecular flexibility index (Phi) is 9.35. The maximum absolute atomic E-state index is 12.3. The van der Waals surface area contributed by atoms with Gasteiger partial charge in [-0.05, 0) is 55.9 Å². The highest BCUT2D eigenvalue weighted by Crippen LogP contribution is 2.30. The topological polar surface area (TPSA) is 73.9 Å². The van der Waals surface area contributed by atoms with Crippen molar-refractivity contribution in [3.63, 3.8) is 0 Å². The molecule has 1 aliphatic rings. The summed E-state index contributed by atoms with van der Waals surface area (Å²) in [4.78, 5) is 16.9. The number of ether oxygens (including phenoxy) is 2. The summed E-state index contributed by atoms with van der Waals surface area (Å²) < 4.78 is 11.2. The molecular formula is C23H24Cl4N2O3. The molecule has 0 amide bonds. The third-order valence-electron chi connectivity index (χ3n) is 5.25. The molecule has 2 aromatic rings. The summed E-state index contributed by atoms with van der Waals surface area (Å²) in [6.45, 7) is 0.206. The van der Waals surface area contributed by atoms with Crippen molar-refractivity contribution >= 4 is 58.0 Å². The first kappa shape index (κ1) is 25.0. The van der Waals surface area contributed by atoms with E-state index in [0.717, 1.165) is 25.7 Å². The number of amidine groups is 1. The first-order valence-corrected chi connectivity index (χ1v) is 11.8. The molecule has 2 N–H and O–H groups in total. The number of nitrogens with zero attached hydrogens (tertiary/aromatic N) is 1. The monoisotopic (exact) mass is 516 g/mol. The second-order valence-electron chi connectivity index (χ2n) is 7.77. The molecule has 2 aromatic carbocycles. The number of carbonyl (C=O) groups excluding carboxylic acids is 1. The molecule has 172 valence electrons. The van der Waals surface area contributed by atoms with Gasteiger partial charge >= 0.3 is 0 Å². The summed E-state index contributed by atoms with van der Waals surface area (Å²) in [7, 11) is 0. The average Bonchev–Trinajstić information content (AvgIpc) is 2.77. The summed E-state index contributed by atoms with van der Waals surface area (Å²) >= 11 is 23.7. The summed E-state index contributed by atoms with van der Waals surface area (Å²) in [6.07, 6.45) is 4.12. The molecule has 0 aromatic heterocycles. The Balaban J connectivity index is 1.37. The summed E-state index contributed by atoms with van der Waals surface area (Å²) in [5, 5.41) is 1.75. The van der Waals surface area contributed by atoms with Gasteiger partial charge in [0.2, 0.25) is 0 Å². The van der Waals surface area contributed by atoms with Crippen LogP contribution in [-0.2, 0) is 4.79 Å². The van der Waals surface area contributed by atoms with E-state index >= 15 is 0 Å². The van der Waals surface area contributed by atoms with E-state index in [2.05, 4.69) is 4.99 Å². The Morgan fingerprint density at radius 3 is 1.91 bits per heavy atom. The normalized spacial score (nSPS) is 18.9. The zero-order valence-corrected chi connectivity index (χ0v) is 20.4. The van der Waals surface area contributed by atoms with Crippen LogP contribution >= 0.6 is 46.4 Å². The number of ketones is 1. The van der Waals surface area contributed by atoms with Crippen LogP contribution in [0.3, 0.4) is 0 Å². The zero-order chi connectivity index (χ0) is 23.1. The highest BCUT2D eigenvalue weighted by Gasteiger charge is 2.23. The summed E-state index contributed by atoms with van der Waals surface area (Å²) in [6, 6.07) is 10.1. The highest BCUT2D eigenvalue weighted by molar-refractivity contribution is 6.42. The van der Waals surface area contributed by atoms with Crippen LogP contribution < -0.4 is 15.2 Å². The van der Waals surface area contributed by atoms with Crippen LogP contribution in [0.1, 0.15) is 32.1 Å². The molecule has 0 aliphatic heterocycles. The number of nitrogens with two attached hydrogens (primary N) is 1. The Hall–Kier alpha value is -1.66. The van der Waals surface area contributed by atoms with Gasteiger partial charge in [0, 0.05) is 18.6 Å². The van der Waals surface area contributed by atoms with Crippen molar-refractivity contribution in [3.8, 4) is 11.5 Å². The van der Waals surface area contributed by atoms with Crippen LogP contribution in [0.5, 0.6) is 11.5 Å². The average molecular weight is 518 g/mol. The molecule has 0 heterocycles. The predicted molar refractivity (Wildman–Crippen MR) is 131 cm³/mol. The van der Waals surface area contributed by atoms with E-state index < -0.39 is 0 Å². The van der Waals surface area contributed by atoms with Gasteiger partial charge in [0.1, 0.15) is 30.5 Å². The van der Waals surface area contributed by atoms with Crippen molar-refractivity contribution in [1.82, 2.24) is 0 Å². The van der Waals surface area contributed by atoms with E-state index in [-0.39, 0.29) is 25.0 Å². The molecule has 0 radical (unpaired) electrons. The number of rotatable bonds is 9. The molecular weight excluding hydrogens is 494 g/mol. The zero-order valence-electron chi connectivity index (χ0n) is 17.3. The Labute approximate surface area is 207 Å². The van der Waals surface area contributed by atoms with E-state index in [1.54, 1.807) is 36.4 Å². The predicted octanol–water partition coefficient (Wildman–Crippen LogP) is 6.63. The van der Waals surface area contributed by atoms with Gasteiger partial charge in [0.15, 0.2) is 5.78 Å². The first-order valence-electron chi connectivity index (χ1n) is 10.3. The van der Waals surface area contributed by atoms with Crippen LogP contribution in [-0.4, -0.2) is 30.9 Å². The van der Waals surface area contributed by atoms with Crippen LogP contribution in [0, 0.1) is 5.92 Å². The van der Waals surface area contributed by atoms with E-state index in [0.29, 0.717) is 49.8 Å². The highest BCUT2D eigenvalue weighted by atomic mass is 35.5. The lowest BCUT2D eigenvalue weighted by Crippen LogP contribution is -2.27. The van der Waals surface area contributed by atoms with Crippen LogP contribution in [0.2, 0.25) is 20.1 Å². The number of aliphatic imine (C=N–C) groups is 1. The lowest BCUT2D eigenvalue weighted by Gasteiger charge is -2.26. The first-order chi connectivity index (χ1) is 15.3. The molecule has 0 unspecified atom stereocenters. The smallest absolute Gasteiger partial charge is 0.170 e. The lowest BCUT2D eigenvalue weighted by molar-refractivity contribution is -0.122. The van der Waals surface area contributed by atoms with E-state index in [1.807, 2.05) is 0 Å². The van der Waals surface area contributed by atoms with Gasteiger partial charge < -0.3 is 15.2 Å². The molecule has 5 nitrogen and oxygen atoms in total. The number of hydrogen-bond donors (Lipinski definition) is 1.